The summed E-state index contributed by atoms with van der Waals surface area (Å²) in [6.07, 6.45) is 1.80. The molecule has 0 spiro atoms. The van der Waals surface area contributed by atoms with E-state index in [1.165, 1.54) is 0 Å². The molecule has 0 atom stereocenters. The first kappa shape index (κ1) is 8.69. The number of nitrogens with one attached hydrogen (secondary N) is 1. The van der Waals surface area contributed by atoms with Crippen LogP contribution in [0.5, 0.6) is 0 Å². The second-order valence-electron chi connectivity index (χ2n) is 3.27. The van der Waals surface area contributed by atoms with Crippen molar-refractivity contribution in [3.05, 3.63) is 41.7 Å². The van der Waals surface area contributed by atoms with Gasteiger partial charge in [0.15, 0.2) is 0 Å². The van der Waals surface area contributed by atoms with Crippen LogP contribution in [0.4, 0.5) is 0 Å². The van der Waals surface area contributed by atoms with E-state index in [-0.39, 0.29) is 5.84 Å². The van der Waals surface area contributed by atoms with E-state index in [1.54, 1.807) is 6.20 Å². The molecule has 0 aliphatic rings. The summed E-state index contributed by atoms with van der Waals surface area (Å²) in [7, 11) is 0. The highest BCUT2D eigenvalue weighted by Crippen LogP contribution is 2.18. The summed E-state index contributed by atoms with van der Waals surface area (Å²) < 4.78 is 0. The van der Waals surface area contributed by atoms with Crippen molar-refractivity contribution in [2.45, 2.75) is 6.92 Å². The SMILES string of the molecule is Cc1cc2c(C(=N)N)cccc2cn1. The van der Waals surface area contributed by atoms with Gasteiger partial charge in [-0.15, -0.1) is 0 Å². The second-order valence-corrected chi connectivity index (χ2v) is 3.27. The number of pyridine rings is 1. The van der Waals surface area contributed by atoms with Crippen LogP contribution in [0.3, 0.4) is 0 Å². The lowest BCUT2D eigenvalue weighted by molar-refractivity contribution is 1.22. The number of aromatic nitrogens is 1. The molecule has 2 aromatic rings. The van der Waals surface area contributed by atoms with Gasteiger partial charge in [0.25, 0.3) is 0 Å². The predicted molar refractivity (Wildman–Crippen MR) is 57.5 cm³/mol. The molecule has 0 unspecified atom stereocenters. The fourth-order valence-corrected chi connectivity index (χ4v) is 1.51. The summed E-state index contributed by atoms with van der Waals surface area (Å²) in [6.45, 7) is 1.93. The molecule has 1 aromatic carbocycles. The number of fused-ring (bicyclic) bond motifs is 1. The highest BCUT2D eigenvalue weighted by Gasteiger charge is 2.03. The molecule has 3 N–H and O–H groups in total. The molecule has 1 heterocycles. The van der Waals surface area contributed by atoms with Crippen molar-refractivity contribution < 1.29 is 0 Å². The Morgan fingerprint density at radius 1 is 1.43 bits per heavy atom. The Balaban J connectivity index is 2.84. The number of rotatable bonds is 1. The average molecular weight is 185 g/mol. The molecule has 0 amide bonds. The molecule has 0 radical (unpaired) electrons. The quantitative estimate of drug-likeness (QED) is 0.526. The van der Waals surface area contributed by atoms with Gasteiger partial charge in [0, 0.05) is 22.8 Å². The molecule has 70 valence electrons. The van der Waals surface area contributed by atoms with E-state index in [9.17, 15) is 0 Å². The number of aryl methyl sites for hydroxylation is 1. The van der Waals surface area contributed by atoms with E-state index in [0.717, 1.165) is 22.0 Å². The molecule has 0 bridgehead atoms. The molecule has 3 heteroatoms. The van der Waals surface area contributed by atoms with Gasteiger partial charge in [0.05, 0.1) is 0 Å². The average Bonchev–Trinajstić information content (AvgIpc) is 2.16. The smallest absolute Gasteiger partial charge is 0.123 e. The fraction of sp³-hybridized carbons (Fsp3) is 0.0909. The normalized spacial score (nSPS) is 10.4. The zero-order valence-corrected chi connectivity index (χ0v) is 7.91. The van der Waals surface area contributed by atoms with Gasteiger partial charge < -0.3 is 5.73 Å². The summed E-state index contributed by atoms with van der Waals surface area (Å²) in [5, 5.41) is 9.46. The Labute approximate surface area is 82.1 Å². The molecule has 0 saturated heterocycles. The van der Waals surface area contributed by atoms with E-state index in [1.807, 2.05) is 31.2 Å². The minimum Gasteiger partial charge on any atom is -0.384 e. The van der Waals surface area contributed by atoms with Gasteiger partial charge in [-0.3, -0.25) is 10.4 Å². The number of nitrogen functional groups attached to an aromatic ring is 1. The number of benzene rings is 1. The Kier molecular flexibility index (Phi) is 1.93. The lowest BCUT2D eigenvalue weighted by atomic mass is 10.1. The summed E-state index contributed by atoms with van der Waals surface area (Å²) in [5.74, 6) is 0.0983. The zero-order valence-electron chi connectivity index (χ0n) is 7.91. The Hall–Kier alpha value is -1.90. The van der Waals surface area contributed by atoms with E-state index < -0.39 is 0 Å². The number of hydrogen-bond acceptors (Lipinski definition) is 2. The Morgan fingerprint density at radius 3 is 2.93 bits per heavy atom. The molecule has 0 aliphatic carbocycles. The minimum absolute atomic E-state index is 0.0983. The standard InChI is InChI=1S/C11H11N3/c1-7-5-10-8(6-14-7)3-2-4-9(10)11(12)13/h2-6H,1H3,(H3,12,13). The third-order valence-corrected chi connectivity index (χ3v) is 2.19. The Bertz CT molecular complexity index is 503. The number of hydrogen-bond donors (Lipinski definition) is 2. The van der Waals surface area contributed by atoms with Crippen LogP contribution in [0.15, 0.2) is 30.5 Å². The Morgan fingerprint density at radius 2 is 2.21 bits per heavy atom. The fourth-order valence-electron chi connectivity index (χ4n) is 1.51. The topological polar surface area (TPSA) is 62.8 Å². The van der Waals surface area contributed by atoms with Gasteiger partial charge in [0.2, 0.25) is 0 Å². The summed E-state index contributed by atoms with van der Waals surface area (Å²) in [5.41, 5.74) is 7.20. The third kappa shape index (κ3) is 1.33. The summed E-state index contributed by atoms with van der Waals surface area (Å²) >= 11 is 0. The molecule has 0 saturated carbocycles. The second kappa shape index (κ2) is 3.10. The lowest BCUT2D eigenvalue weighted by Gasteiger charge is -2.04. The highest BCUT2D eigenvalue weighted by atomic mass is 14.7. The van der Waals surface area contributed by atoms with Crippen LogP contribution in [0.25, 0.3) is 10.8 Å². The first-order valence-corrected chi connectivity index (χ1v) is 4.38. The number of amidine groups is 1. The van der Waals surface area contributed by atoms with Crippen LogP contribution in [0, 0.1) is 12.3 Å². The van der Waals surface area contributed by atoms with Gasteiger partial charge >= 0.3 is 0 Å². The van der Waals surface area contributed by atoms with Gasteiger partial charge in [-0.05, 0) is 18.4 Å². The molecule has 14 heavy (non-hydrogen) atoms. The zero-order chi connectivity index (χ0) is 10.1. The lowest BCUT2D eigenvalue weighted by Crippen LogP contribution is -2.11. The van der Waals surface area contributed by atoms with Crippen molar-refractivity contribution in [2.75, 3.05) is 0 Å². The van der Waals surface area contributed by atoms with Crippen LogP contribution in [0.2, 0.25) is 0 Å². The molecule has 0 fully saturated rings. The summed E-state index contributed by atoms with van der Waals surface area (Å²) in [4.78, 5) is 4.20. The minimum atomic E-state index is 0.0983. The van der Waals surface area contributed by atoms with Crippen molar-refractivity contribution >= 4 is 16.6 Å². The predicted octanol–water partition coefficient (Wildman–Crippen LogP) is 1.83. The van der Waals surface area contributed by atoms with Gasteiger partial charge in [0.1, 0.15) is 5.84 Å². The van der Waals surface area contributed by atoms with Crippen molar-refractivity contribution in [3.63, 3.8) is 0 Å². The van der Waals surface area contributed by atoms with Crippen molar-refractivity contribution in [1.29, 1.82) is 5.41 Å². The summed E-state index contributed by atoms with van der Waals surface area (Å²) in [6, 6.07) is 7.65. The van der Waals surface area contributed by atoms with Gasteiger partial charge in [-0.2, -0.15) is 0 Å². The maximum absolute atomic E-state index is 7.45. The maximum Gasteiger partial charge on any atom is 0.123 e. The molecular formula is C11H11N3. The largest absolute Gasteiger partial charge is 0.384 e. The van der Waals surface area contributed by atoms with E-state index in [4.69, 9.17) is 11.1 Å². The first-order chi connectivity index (χ1) is 6.68. The van der Waals surface area contributed by atoms with Crippen LogP contribution in [0.1, 0.15) is 11.3 Å². The van der Waals surface area contributed by atoms with Crippen molar-refractivity contribution in [2.24, 2.45) is 5.73 Å². The molecule has 3 nitrogen and oxygen atoms in total. The molecule has 1 aromatic heterocycles. The van der Waals surface area contributed by atoms with Crippen LogP contribution >= 0.6 is 0 Å². The van der Waals surface area contributed by atoms with Gasteiger partial charge in [-0.25, -0.2) is 0 Å². The third-order valence-electron chi connectivity index (χ3n) is 2.19. The first-order valence-electron chi connectivity index (χ1n) is 4.38. The van der Waals surface area contributed by atoms with E-state index in [0.29, 0.717) is 0 Å². The van der Waals surface area contributed by atoms with Crippen LogP contribution < -0.4 is 5.73 Å². The van der Waals surface area contributed by atoms with E-state index >= 15 is 0 Å². The van der Waals surface area contributed by atoms with Crippen molar-refractivity contribution in [1.82, 2.24) is 4.98 Å². The van der Waals surface area contributed by atoms with Crippen LogP contribution in [-0.2, 0) is 0 Å². The van der Waals surface area contributed by atoms with Gasteiger partial charge in [-0.1, -0.05) is 18.2 Å². The number of nitrogens with two attached hydrogens (primary N) is 1. The van der Waals surface area contributed by atoms with Crippen molar-refractivity contribution in [3.8, 4) is 0 Å². The molecule has 0 aliphatic heterocycles. The number of nitrogens with zero attached hydrogens (tertiary/aromatic N) is 1. The monoisotopic (exact) mass is 185 g/mol. The maximum atomic E-state index is 7.45. The highest BCUT2D eigenvalue weighted by molar-refractivity contribution is 6.07. The molecule has 2 rings (SSSR count). The molecular weight excluding hydrogens is 174 g/mol. The van der Waals surface area contributed by atoms with Crippen LogP contribution in [-0.4, -0.2) is 10.8 Å². The van der Waals surface area contributed by atoms with E-state index in [2.05, 4.69) is 4.98 Å².